The molecule has 1 fully saturated rings. The monoisotopic (exact) mass is 466 g/mol. The molecule has 0 amide bonds. The number of carboxylic acid groups (broad SMARTS) is 1. The van der Waals surface area contributed by atoms with Crippen molar-refractivity contribution in [1.29, 1.82) is 0 Å². The van der Waals surface area contributed by atoms with E-state index in [1.165, 1.54) is 6.33 Å². The Hall–Kier alpha value is -3.63. The van der Waals surface area contributed by atoms with E-state index in [1.54, 1.807) is 4.68 Å². The summed E-state index contributed by atoms with van der Waals surface area (Å²) in [5, 5.41) is 21.0. The van der Waals surface area contributed by atoms with Gasteiger partial charge in [-0.1, -0.05) is 12.1 Å². The van der Waals surface area contributed by atoms with Crippen LogP contribution < -0.4 is 10.1 Å². The van der Waals surface area contributed by atoms with E-state index in [2.05, 4.69) is 37.5 Å². The minimum absolute atomic E-state index is 0.115. The summed E-state index contributed by atoms with van der Waals surface area (Å²) in [5.74, 6) is 0.830. The zero-order valence-corrected chi connectivity index (χ0v) is 19.7. The van der Waals surface area contributed by atoms with Crippen molar-refractivity contribution in [3.63, 3.8) is 0 Å². The van der Waals surface area contributed by atoms with E-state index < -0.39 is 5.97 Å². The van der Waals surface area contributed by atoms with Crippen LogP contribution >= 0.6 is 0 Å². The number of rotatable bonds is 9. The fourth-order valence-corrected chi connectivity index (χ4v) is 4.16. The standard InChI is InChI=1S/C23H30N8O3/c1-4-6-20-25-13-26-23(28-20)24-12-18-21(29-30-31(18)3)17-9-10-19(14(2)27-17)34-16-8-5-7-15(11-16)22(32)33/h9-10,13,15-16H,4-8,11-12H2,1-3H3,(H,32,33)(H,24,25,26,28)/t15-,16-/m0/s1. The first-order valence-electron chi connectivity index (χ1n) is 11.6. The summed E-state index contributed by atoms with van der Waals surface area (Å²) in [6.45, 7) is 4.38. The number of nitrogens with one attached hydrogen (secondary N) is 1. The van der Waals surface area contributed by atoms with Crippen molar-refractivity contribution in [3.05, 3.63) is 35.7 Å². The van der Waals surface area contributed by atoms with Gasteiger partial charge in [0.1, 0.15) is 23.6 Å². The summed E-state index contributed by atoms with van der Waals surface area (Å²) in [6.07, 6.45) is 6.08. The van der Waals surface area contributed by atoms with Gasteiger partial charge in [0.15, 0.2) is 0 Å². The zero-order chi connectivity index (χ0) is 24.1. The van der Waals surface area contributed by atoms with Gasteiger partial charge in [0, 0.05) is 13.5 Å². The van der Waals surface area contributed by atoms with Crippen molar-refractivity contribution in [2.24, 2.45) is 13.0 Å². The van der Waals surface area contributed by atoms with E-state index in [1.807, 2.05) is 26.1 Å². The molecule has 1 saturated carbocycles. The van der Waals surface area contributed by atoms with Crippen molar-refractivity contribution in [3.8, 4) is 17.1 Å². The molecule has 1 aliphatic rings. The van der Waals surface area contributed by atoms with E-state index in [4.69, 9.17) is 9.72 Å². The molecule has 1 aliphatic carbocycles. The highest BCUT2D eigenvalue weighted by Gasteiger charge is 2.28. The van der Waals surface area contributed by atoms with E-state index >= 15 is 0 Å². The smallest absolute Gasteiger partial charge is 0.306 e. The van der Waals surface area contributed by atoms with Gasteiger partial charge in [-0.2, -0.15) is 4.98 Å². The van der Waals surface area contributed by atoms with Crippen LogP contribution in [0.3, 0.4) is 0 Å². The Labute approximate surface area is 198 Å². The number of nitrogens with zero attached hydrogens (tertiary/aromatic N) is 7. The van der Waals surface area contributed by atoms with Gasteiger partial charge in [-0.25, -0.2) is 19.6 Å². The third-order valence-electron chi connectivity index (χ3n) is 6.00. The summed E-state index contributed by atoms with van der Waals surface area (Å²) in [7, 11) is 1.83. The van der Waals surface area contributed by atoms with E-state index in [-0.39, 0.29) is 12.0 Å². The Morgan fingerprint density at radius 3 is 2.88 bits per heavy atom. The van der Waals surface area contributed by atoms with Crippen LogP contribution in [0.5, 0.6) is 5.75 Å². The molecule has 2 atom stereocenters. The van der Waals surface area contributed by atoms with Crippen LogP contribution in [0.1, 0.15) is 56.2 Å². The Balaban J connectivity index is 1.47. The first-order chi connectivity index (χ1) is 16.4. The molecule has 11 heteroatoms. The van der Waals surface area contributed by atoms with Gasteiger partial charge in [-0.05, 0) is 51.2 Å². The second-order valence-electron chi connectivity index (χ2n) is 8.56. The summed E-state index contributed by atoms with van der Waals surface area (Å²) >= 11 is 0. The van der Waals surface area contributed by atoms with Crippen LogP contribution in [0.4, 0.5) is 5.95 Å². The number of aryl methyl sites for hydroxylation is 3. The van der Waals surface area contributed by atoms with Crippen LogP contribution in [0, 0.1) is 12.8 Å². The summed E-state index contributed by atoms with van der Waals surface area (Å²) < 4.78 is 7.83. The molecular weight excluding hydrogens is 436 g/mol. The van der Waals surface area contributed by atoms with Crippen molar-refractivity contribution >= 4 is 11.9 Å². The lowest BCUT2D eigenvalue weighted by Crippen LogP contribution is -2.29. The third kappa shape index (κ3) is 5.46. The van der Waals surface area contributed by atoms with Gasteiger partial charge in [0.05, 0.1) is 35.6 Å². The van der Waals surface area contributed by atoms with Crippen LogP contribution in [0.25, 0.3) is 11.4 Å². The lowest BCUT2D eigenvalue weighted by atomic mass is 9.87. The molecule has 34 heavy (non-hydrogen) atoms. The highest BCUT2D eigenvalue weighted by Crippen LogP contribution is 2.30. The molecule has 0 bridgehead atoms. The largest absolute Gasteiger partial charge is 0.489 e. The number of hydrogen-bond acceptors (Lipinski definition) is 9. The maximum absolute atomic E-state index is 11.3. The first-order valence-corrected chi connectivity index (χ1v) is 11.6. The minimum Gasteiger partial charge on any atom is -0.489 e. The molecular formula is C23H30N8O3. The number of hydrogen-bond donors (Lipinski definition) is 2. The number of aliphatic carboxylic acids is 1. The van der Waals surface area contributed by atoms with Gasteiger partial charge in [-0.3, -0.25) is 4.79 Å². The Morgan fingerprint density at radius 2 is 2.12 bits per heavy atom. The van der Waals surface area contributed by atoms with Gasteiger partial charge < -0.3 is 15.2 Å². The van der Waals surface area contributed by atoms with E-state index in [0.717, 1.165) is 42.9 Å². The van der Waals surface area contributed by atoms with Crippen molar-refractivity contribution in [2.45, 2.75) is 65.0 Å². The second-order valence-corrected chi connectivity index (χ2v) is 8.56. The summed E-state index contributed by atoms with van der Waals surface area (Å²) in [5.41, 5.74) is 2.91. The number of aromatic nitrogens is 7. The van der Waals surface area contributed by atoms with Gasteiger partial charge in [0.25, 0.3) is 0 Å². The molecule has 3 aromatic rings. The number of carbonyl (C=O) groups is 1. The molecule has 4 rings (SSSR count). The number of anilines is 1. The van der Waals surface area contributed by atoms with E-state index in [9.17, 15) is 9.90 Å². The zero-order valence-electron chi connectivity index (χ0n) is 19.7. The molecule has 3 aromatic heterocycles. The van der Waals surface area contributed by atoms with Gasteiger partial charge in [-0.15, -0.1) is 5.10 Å². The average Bonchev–Trinajstić information content (AvgIpc) is 3.20. The Morgan fingerprint density at radius 1 is 1.26 bits per heavy atom. The maximum atomic E-state index is 11.3. The number of ether oxygens (including phenoxy) is 1. The highest BCUT2D eigenvalue weighted by atomic mass is 16.5. The van der Waals surface area contributed by atoms with Gasteiger partial charge >= 0.3 is 5.97 Å². The Kier molecular flexibility index (Phi) is 7.29. The molecule has 0 unspecified atom stereocenters. The molecule has 0 radical (unpaired) electrons. The first kappa shape index (κ1) is 23.5. The highest BCUT2D eigenvalue weighted by molar-refractivity contribution is 5.70. The molecule has 11 nitrogen and oxygen atoms in total. The average molecular weight is 467 g/mol. The van der Waals surface area contributed by atoms with Crippen LogP contribution in [-0.2, 0) is 24.8 Å². The predicted octanol–water partition coefficient (Wildman–Crippen LogP) is 2.96. The quantitative estimate of drug-likeness (QED) is 0.483. The molecule has 180 valence electrons. The van der Waals surface area contributed by atoms with Crippen molar-refractivity contribution in [2.75, 3.05) is 5.32 Å². The fourth-order valence-electron chi connectivity index (χ4n) is 4.16. The maximum Gasteiger partial charge on any atom is 0.306 e. The predicted molar refractivity (Wildman–Crippen MR) is 124 cm³/mol. The molecule has 0 aliphatic heterocycles. The molecule has 2 N–H and O–H groups in total. The molecule has 0 saturated heterocycles. The lowest BCUT2D eigenvalue weighted by molar-refractivity contribution is -0.143. The third-order valence-corrected chi connectivity index (χ3v) is 6.00. The summed E-state index contributed by atoms with van der Waals surface area (Å²) in [4.78, 5) is 28.9. The van der Waals surface area contributed by atoms with E-state index in [0.29, 0.717) is 42.5 Å². The number of carboxylic acids is 1. The second kappa shape index (κ2) is 10.5. The van der Waals surface area contributed by atoms with Gasteiger partial charge in [0.2, 0.25) is 5.95 Å². The Bertz CT molecular complexity index is 1150. The fraction of sp³-hybridized carbons (Fsp3) is 0.522. The molecule has 0 spiro atoms. The van der Waals surface area contributed by atoms with Crippen LogP contribution in [0.15, 0.2) is 18.5 Å². The number of pyridine rings is 1. The van der Waals surface area contributed by atoms with Crippen LogP contribution in [0.2, 0.25) is 0 Å². The topological polar surface area (TPSA) is 141 Å². The SMILES string of the molecule is CCCc1ncnc(NCc2c(-c3ccc(O[C@H]4CCC[C@H](C(=O)O)C4)c(C)n3)nnn2C)n1. The summed E-state index contributed by atoms with van der Waals surface area (Å²) in [6, 6.07) is 3.73. The normalized spacial score (nSPS) is 18.0. The van der Waals surface area contributed by atoms with Crippen molar-refractivity contribution < 1.29 is 14.6 Å². The van der Waals surface area contributed by atoms with Crippen molar-refractivity contribution in [1.82, 2.24) is 34.9 Å². The molecule has 3 heterocycles. The molecule has 0 aromatic carbocycles. The minimum atomic E-state index is -0.749. The lowest BCUT2D eigenvalue weighted by Gasteiger charge is -2.27. The van der Waals surface area contributed by atoms with Crippen LogP contribution in [-0.4, -0.2) is 52.1 Å².